The van der Waals surface area contributed by atoms with Crippen molar-refractivity contribution < 1.29 is 0 Å². The quantitative estimate of drug-likeness (QED) is 0.145. The second-order valence-corrected chi connectivity index (χ2v) is 15.8. The summed E-state index contributed by atoms with van der Waals surface area (Å²) in [5.74, 6) is 0. The zero-order valence-electron chi connectivity index (χ0n) is 31.4. The molecule has 0 fully saturated rings. The number of hydrogen-bond acceptors (Lipinski definition) is 0. The molecule has 0 radical (unpaired) electrons. The van der Waals surface area contributed by atoms with Gasteiger partial charge in [-0.2, -0.15) is 0 Å². The van der Waals surface area contributed by atoms with E-state index in [4.69, 9.17) is 0 Å². The lowest BCUT2D eigenvalue weighted by atomic mass is 9.82. The van der Waals surface area contributed by atoms with Crippen LogP contribution in [0.3, 0.4) is 0 Å². The molecule has 0 atom stereocenters. The van der Waals surface area contributed by atoms with E-state index in [1.165, 1.54) is 100 Å². The third-order valence-corrected chi connectivity index (χ3v) is 11.9. The molecule has 10 rings (SSSR count). The van der Waals surface area contributed by atoms with Gasteiger partial charge in [0.15, 0.2) is 0 Å². The van der Waals surface area contributed by atoms with Crippen LogP contribution in [0.4, 0.5) is 0 Å². The van der Waals surface area contributed by atoms with Gasteiger partial charge in [0, 0.05) is 5.41 Å². The molecule has 0 aromatic heterocycles. The molecule has 0 N–H and O–H groups in total. The Morgan fingerprint density at radius 2 is 1.02 bits per heavy atom. The molecule has 2 aliphatic carbocycles. The largest absolute Gasteiger partial charge is 0.0622 e. The Morgan fingerprint density at radius 3 is 1.75 bits per heavy atom. The predicted octanol–water partition coefficient (Wildman–Crippen LogP) is 14.3. The molecular formula is C55H42. The van der Waals surface area contributed by atoms with Gasteiger partial charge < -0.3 is 0 Å². The first-order valence-corrected chi connectivity index (χ1v) is 19.5. The highest BCUT2D eigenvalue weighted by molar-refractivity contribution is 5.90. The average Bonchev–Trinajstić information content (AvgIpc) is 3.72. The van der Waals surface area contributed by atoms with E-state index >= 15 is 0 Å². The van der Waals surface area contributed by atoms with Crippen LogP contribution in [-0.2, 0) is 18.3 Å². The summed E-state index contributed by atoms with van der Waals surface area (Å²) in [6.07, 6.45) is 4.27. The molecule has 0 bridgehead atoms. The Hall–Kier alpha value is -6.50. The van der Waals surface area contributed by atoms with Crippen molar-refractivity contribution in [1.82, 2.24) is 0 Å². The number of hydrogen-bond donors (Lipinski definition) is 0. The van der Waals surface area contributed by atoms with Crippen LogP contribution in [0.5, 0.6) is 0 Å². The Labute approximate surface area is 325 Å². The zero-order chi connectivity index (χ0) is 36.9. The van der Waals surface area contributed by atoms with Gasteiger partial charge in [-0.1, -0.05) is 178 Å². The molecule has 0 spiro atoms. The fourth-order valence-electron chi connectivity index (χ4n) is 9.03. The smallest absolute Gasteiger partial charge is 0.0158 e. The van der Waals surface area contributed by atoms with Crippen molar-refractivity contribution in [3.8, 4) is 55.6 Å². The van der Waals surface area contributed by atoms with E-state index in [9.17, 15) is 0 Å². The first kappa shape index (κ1) is 33.1. The van der Waals surface area contributed by atoms with E-state index in [-0.39, 0.29) is 5.41 Å². The summed E-state index contributed by atoms with van der Waals surface area (Å²) in [6, 6.07) is 69.7. The third-order valence-electron chi connectivity index (χ3n) is 11.9. The van der Waals surface area contributed by atoms with Crippen molar-refractivity contribution in [1.29, 1.82) is 0 Å². The molecule has 0 heteroatoms. The van der Waals surface area contributed by atoms with E-state index < -0.39 is 0 Å². The van der Waals surface area contributed by atoms with E-state index in [2.05, 4.69) is 208 Å². The van der Waals surface area contributed by atoms with Crippen LogP contribution < -0.4 is 0 Å². The first-order valence-electron chi connectivity index (χ1n) is 19.5. The van der Waals surface area contributed by atoms with E-state index in [0.717, 1.165) is 12.8 Å². The number of benzene rings is 8. The normalized spacial score (nSPS) is 13.5. The van der Waals surface area contributed by atoms with Gasteiger partial charge >= 0.3 is 0 Å². The standard InChI is InChI=1S/C55H42/c1-55(2)53-20-12-11-19-50(53)52-36-43(27-28-54(52)55)46(30-38-31-47(39-13-5-3-6-14-39)34-48(32-38)40-15-7-4-8-16-40)29-37-21-23-41(24-22-37)42-25-26-45-33-44-17-9-10-18-49(44)51(45)35-42/h3-28,30-32,34-36H,29,33H2,1-2H3/b46-30-. The number of allylic oxidation sites excluding steroid dienone is 1. The maximum atomic E-state index is 2.45. The lowest BCUT2D eigenvalue weighted by Gasteiger charge is -2.21. The van der Waals surface area contributed by atoms with Crippen LogP contribution in [0.25, 0.3) is 67.3 Å². The Bertz CT molecular complexity index is 2690. The second-order valence-electron chi connectivity index (χ2n) is 15.8. The van der Waals surface area contributed by atoms with Crippen molar-refractivity contribution in [2.24, 2.45) is 0 Å². The van der Waals surface area contributed by atoms with Gasteiger partial charge in [-0.05, 0) is 143 Å². The maximum Gasteiger partial charge on any atom is 0.0158 e. The lowest BCUT2D eigenvalue weighted by molar-refractivity contribution is 0.660. The van der Waals surface area contributed by atoms with Gasteiger partial charge in [0.2, 0.25) is 0 Å². The van der Waals surface area contributed by atoms with Crippen LogP contribution >= 0.6 is 0 Å². The highest BCUT2D eigenvalue weighted by Gasteiger charge is 2.35. The Kier molecular flexibility index (Phi) is 8.07. The van der Waals surface area contributed by atoms with Crippen LogP contribution in [0.15, 0.2) is 188 Å². The summed E-state index contributed by atoms with van der Waals surface area (Å²) in [5.41, 5.74) is 23.5. The van der Waals surface area contributed by atoms with Gasteiger partial charge in [0.1, 0.15) is 0 Å². The average molecular weight is 703 g/mol. The van der Waals surface area contributed by atoms with Gasteiger partial charge in [-0.3, -0.25) is 0 Å². The second kappa shape index (κ2) is 13.4. The monoisotopic (exact) mass is 702 g/mol. The molecular weight excluding hydrogens is 661 g/mol. The van der Waals surface area contributed by atoms with E-state index in [1.807, 2.05) is 0 Å². The van der Waals surface area contributed by atoms with Crippen LogP contribution in [-0.4, -0.2) is 0 Å². The van der Waals surface area contributed by atoms with E-state index in [1.54, 1.807) is 0 Å². The van der Waals surface area contributed by atoms with Crippen molar-refractivity contribution >= 4 is 11.6 Å². The number of rotatable bonds is 7. The minimum absolute atomic E-state index is 0.0294. The molecule has 0 saturated carbocycles. The molecule has 0 saturated heterocycles. The van der Waals surface area contributed by atoms with Gasteiger partial charge in [-0.15, -0.1) is 0 Å². The Balaban J connectivity index is 1.07. The van der Waals surface area contributed by atoms with Crippen LogP contribution in [0.2, 0.25) is 0 Å². The lowest BCUT2D eigenvalue weighted by Crippen LogP contribution is -2.14. The summed E-state index contributed by atoms with van der Waals surface area (Å²) in [6.45, 7) is 4.71. The molecule has 0 nitrogen and oxygen atoms in total. The number of fused-ring (bicyclic) bond motifs is 6. The summed E-state index contributed by atoms with van der Waals surface area (Å²) in [5, 5.41) is 0. The molecule has 8 aromatic rings. The molecule has 55 heavy (non-hydrogen) atoms. The molecule has 0 aliphatic heterocycles. The third kappa shape index (κ3) is 6.05. The zero-order valence-corrected chi connectivity index (χ0v) is 31.4. The summed E-state index contributed by atoms with van der Waals surface area (Å²) < 4.78 is 0. The van der Waals surface area contributed by atoms with Gasteiger partial charge in [0.05, 0.1) is 0 Å². The minimum Gasteiger partial charge on any atom is -0.0622 e. The first-order chi connectivity index (χ1) is 27.0. The highest BCUT2D eigenvalue weighted by Crippen LogP contribution is 2.49. The summed E-state index contributed by atoms with van der Waals surface area (Å²) >= 11 is 0. The van der Waals surface area contributed by atoms with E-state index in [0.29, 0.717) is 0 Å². The highest BCUT2D eigenvalue weighted by atomic mass is 14.4. The molecule has 0 unspecified atom stereocenters. The van der Waals surface area contributed by atoms with Crippen molar-refractivity contribution in [2.75, 3.05) is 0 Å². The molecule has 0 amide bonds. The molecule has 0 heterocycles. The fourth-order valence-corrected chi connectivity index (χ4v) is 9.03. The molecule has 262 valence electrons. The summed E-state index contributed by atoms with van der Waals surface area (Å²) in [7, 11) is 0. The fraction of sp³-hybridized carbons (Fsp3) is 0.0909. The SMILES string of the molecule is CC1(C)c2ccccc2-c2cc(/C(=C\c3cc(-c4ccccc4)cc(-c4ccccc4)c3)Cc3ccc(-c4ccc5c(c4)-c4ccccc4C5)cc3)ccc21. The topological polar surface area (TPSA) is 0 Å². The minimum atomic E-state index is -0.0294. The van der Waals surface area contributed by atoms with Gasteiger partial charge in [-0.25, -0.2) is 0 Å². The van der Waals surface area contributed by atoms with Crippen molar-refractivity contribution in [3.63, 3.8) is 0 Å². The predicted molar refractivity (Wildman–Crippen MR) is 233 cm³/mol. The Morgan fingerprint density at radius 1 is 0.436 bits per heavy atom. The van der Waals surface area contributed by atoms with Crippen molar-refractivity contribution in [2.45, 2.75) is 32.1 Å². The van der Waals surface area contributed by atoms with Crippen LogP contribution in [0, 0.1) is 0 Å². The maximum absolute atomic E-state index is 2.45. The molecule has 2 aliphatic rings. The van der Waals surface area contributed by atoms with Gasteiger partial charge in [0.25, 0.3) is 0 Å². The van der Waals surface area contributed by atoms with Crippen LogP contribution in [0.1, 0.15) is 52.8 Å². The molecule has 8 aromatic carbocycles. The van der Waals surface area contributed by atoms with Crippen molar-refractivity contribution in [3.05, 3.63) is 227 Å². The summed E-state index contributed by atoms with van der Waals surface area (Å²) in [4.78, 5) is 0.